The summed E-state index contributed by atoms with van der Waals surface area (Å²) in [5.41, 5.74) is 0.884. The third-order valence-electron chi connectivity index (χ3n) is 10.7. The van der Waals surface area contributed by atoms with Gasteiger partial charge in [-0.15, -0.1) is 0 Å². The third-order valence-corrected chi connectivity index (χ3v) is 12.6. The van der Waals surface area contributed by atoms with Crippen molar-refractivity contribution in [2.75, 3.05) is 0 Å². The van der Waals surface area contributed by atoms with Crippen LogP contribution in [-0.4, -0.2) is 15.4 Å². The molecule has 4 rings (SSSR count). The molecule has 0 spiro atoms. The van der Waals surface area contributed by atoms with Crippen molar-refractivity contribution in [3.05, 3.63) is 0 Å². The fraction of sp³-hybridized carbons (Fsp3) is 0.963. The van der Waals surface area contributed by atoms with Crippen LogP contribution in [0.5, 0.6) is 0 Å². The molecular formula is C27H44Br2O. The van der Waals surface area contributed by atoms with Gasteiger partial charge in [0.2, 0.25) is 0 Å². The molecule has 172 valence electrons. The molecule has 0 radical (unpaired) electrons. The Morgan fingerprint density at radius 1 is 0.900 bits per heavy atom. The first-order valence-electron chi connectivity index (χ1n) is 12.9. The maximum Gasteiger partial charge on any atom is 0.160 e. The molecule has 4 fully saturated rings. The molecule has 0 amide bonds. The van der Waals surface area contributed by atoms with Crippen molar-refractivity contribution in [2.24, 2.45) is 52.3 Å². The van der Waals surface area contributed by atoms with Crippen molar-refractivity contribution in [1.29, 1.82) is 0 Å². The minimum atomic E-state index is 0.0486. The number of fused-ring (bicyclic) bond motifs is 5. The zero-order chi connectivity index (χ0) is 21.8. The third kappa shape index (κ3) is 3.82. The molecule has 10 atom stereocenters. The van der Waals surface area contributed by atoms with E-state index in [9.17, 15) is 4.79 Å². The average Bonchev–Trinajstić information content (AvgIpc) is 3.03. The lowest BCUT2D eigenvalue weighted by Gasteiger charge is -2.61. The van der Waals surface area contributed by atoms with Gasteiger partial charge in [0.25, 0.3) is 0 Å². The summed E-state index contributed by atoms with van der Waals surface area (Å²) in [5.74, 6) is 6.23. The first-order chi connectivity index (χ1) is 14.1. The first-order valence-corrected chi connectivity index (χ1v) is 14.7. The van der Waals surface area contributed by atoms with Crippen LogP contribution in [0.25, 0.3) is 0 Å². The molecular weight excluding hydrogens is 500 g/mol. The largest absolute Gasteiger partial charge is 0.297 e. The van der Waals surface area contributed by atoms with Crippen molar-refractivity contribution in [2.45, 2.75) is 108 Å². The van der Waals surface area contributed by atoms with Gasteiger partial charge in [-0.25, -0.2) is 0 Å². The minimum absolute atomic E-state index is 0.0486. The topological polar surface area (TPSA) is 17.1 Å². The van der Waals surface area contributed by atoms with Crippen molar-refractivity contribution in [3.63, 3.8) is 0 Å². The number of alkyl halides is 2. The smallest absolute Gasteiger partial charge is 0.160 e. The van der Waals surface area contributed by atoms with Gasteiger partial charge in [-0.2, -0.15) is 0 Å². The monoisotopic (exact) mass is 542 g/mol. The molecule has 4 aliphatic carbocycles. The van der Waals surface area contributed by atoms with E-state index in [1.54, 1.807) is 0 Å². The number of ketones is 1. The van der Waals surface area contributed by atoms with Gasteiger partial charge in [-0.05, 0) is 97.2 Å². The quantitative estimate of drug-likeness (QED) is 0.318. The summed E-state index contributed by atoms with van der Waals surface area (Å²) in [6.07, 6.45) is 13.6. The highest BCUT2D eigenvalue weighted by atomic mass is 79.9. The van der Waals surface area contributed by atoms with E-state index in [4.69, 9.17) is 0 Å². The number of halogens is 2. The standard InChI is InChI=1S/C27H44Br2O/c1-16(2)7-6-8-17(3)19-11-12-20-18-9-10-22-24(29)25(30)23(28)15-27(22,5)21(18)13-14-26(19,20)4/h16-24H,6-15H2,1-5H3/t17-,18+,19+,20-,21+,22+,23-,24+,26-,27-/m1/s1. The molecule has 0 saturated heterocycles. The molecule has 0 aromatic rings. The summed E-state index contributed by atoms with van der Waals surface area (Å²) in [6, 6.07) is 0. The highest BCUT2D eigenvalue weighted by Crippen LogP contribution is 2.68. The lowest BCUT2D eigenvalue weighted by Crippen LogP contribution is -2.58. The summed E-state index contributed by atoms with van der Waals surface area (Å²) in [4.78, 5) is 12.8. The molecule has 1 nitrogen and oxygen atoms in total. The Kier molecular flexibility index (Phi) is 6.95. The van der Waals surface area contributed by atoms with Gasteiger partial charge < -0.3 is 0 Å². The Morgan fingerprint density at radius 2 is 1.57 bits per heavy atom. The average molecular weight is 544 g/mol. The Hall–Kier alpha value is 0.630. The second-order valence-electron chi connectivity index (χ2n) is 12.6. The highest BCUT2D eigenvalue weighted by molar-refractivity contribution is 9.10. The van der Waals surface area contributed by atoms with Crippen LogP contribution in [0.4, 0.5) is 0 Å². The van der Waals surface area contributed by atoms with Crippen molar-refractivity contribution >= 4 is 37.6 Å². The predicted molar refractivity (Wildman–Crippen MR) is 134 cm³/mol. The van der Waals surface area contributed by atoms with Gasteiger partial charge in [0, 0.05) is 0 Å². The van der Waals surface area contributed by atoms with Gasteiger partial charge in [0.05, 0.1) is 9.65 Å². The Labute approximate surface area is 202 Å². The van der Waals surface area contributed by atoms with E-state index in [-0.39, 0.29) is 9.65 Å². The lowest BCUT2D eigenvalue weighted by molar-refractivity contribution is -0.137. The molecule has 0 bridgehead atoms. The van der Waals surface area contributed by atoms with Crippen LogP contribution < -0.4 is 0 Å². The predicted octanol–water partition coefficient (Wildman–Crippen LogP) is 8.42. The molecule has 0 N–H and O–H groups in total. The molecule has 0 aromatic carbocycles. The molecule has 4 saturated carbocycles. The Bertz CT molecular complexity index is 647. The summed E-state index contributed by atoms with van der Waals surface area (Å²) in [7, 11) is 0. The van der Waals surface area contributed by atoms with Crippen LogP contribution in [0.1, 0.15) is 98.8 Å². The van der Waals surface area contributed by atoms with E-state index in [0.717, 1.165) is 41.9 Å². The SMILES string of the molecule is CC(C)CCC[C@@H](C)[C@@H]1CC[C@@H]2[C@@H]3CC[C@H]4[C@H](Br)C(=O)[C@H](Br)C[C@]4(C)[C@H]3CC[C@@]21C. The Morgan fingerprint density at radius 3 is 2.27 bits per heavy atom. The summed E-state index contributed by atoms with van der Waals surface area (Å²) >= 11 is 7.60. The van der Waals surface area contributed by atoms with Gasteiger partial charge >= 0.3 is 0 Å². The van der Waals surface area contributed by atoms with Crippen molar-refractivity contribution in [3.8, 4) is 0 Å². The van der Waals surface area contributed by atoms with Crippen LogP contribution in [0, 0.1) is 52.3 Å². The van der Waals surface area contributed by atoms with E-state index in [2.05, 4.69) is 66.5 Å². The van der Waals surface area contributed by atoms with Gasteiger partial charge in [-0.1, -0.05) is 85.7 Å². The molecule has 0 aliphatic heterocycles. The van der Waals surface area contributed by atoms with Gasteiger partial charge in [0.1, 0.15) is 0 Å². The molecule has 0 aromatic heterocycles. The highest BCUT2D eigenvalue weighted by Gasteiger charge is 2.62. The zero-order valence-corrected chi connectivity index (χ0v) is 23.1. The van der Waals surface area contributed by atoms with Crippen LogP contribution >= 0.6 is 31.9 Å². The zero-order valence-electron chi connectivity index (χ0n) is 19.9. The minimum Gasteiger partial charge on any atom is -0.297 e. The summed E-state index contributed by atoms with van der Waals surface area (Å²) in [5, 5.41) is 0. The number of carbonyl (C=O) groups is 1. The van der Waals surface area contributed by atoms with Gasteiger partial charge in [0.15, 0.2) is 5.78 Å². The van der Waals surface area contributed by atoms with Crippen molar-refractivity contribution in [1.82, 2.24) is 0 Å². The fourth-order valence-corrected chi connectivity index (χ4v) is 11.7. The van der Waals surface area contributed by atoms with Crippen molar-refractivity contribution < 1.29 is 4.79 Å². The second kappa shape index (κ2) is 8.77. The second-order valence-corrected chi connectivity index (χ2v) is 14.7. The van der Waals surface area contributed by atoms with Crippen LogP contribution in [0.2, 0.25) is 0 Å². The maximum atomic E-state index is 12.7. The lowest BCUT2D eigenvalue weighted by atomic mass is 9.44. The molecule has 0 heterocycles. The molecule has 30 heavy (non-hydrogen) atoms. The molecule has 4 aliphatic rings. The van der Waals surface area contributed by atoms with E-state index in [1.807, 2.05) is 0 Å². The Balaban J connectivity index is 1.50. The molecule has 0 unspecified atom stereocenters. The van der Waals surface area contributed by atoms with E-state index < -0.39 is 0 Å². The maximum absolute atomic E-state index is 12.7. The number of hydrogen-bond acceptors (Lipinski definition) is 1. The number of carbonyl (C=O) groups excluding carboxylic acids is 1. The number of hydrogen-bond donors (Lipinski definition) is 0. The number of Topliss-reactive ketones (excluding diaryl/α,β-unsaturated/α-hetero) is 1. The summed E-state index contributed by atoms with van der Waals surface area (Å²) in [6.45, 7) is 12.5. The van der Waals surface area contributed by atoms with E-state index in [0.29, 0.717) is 22.5 Å². The fourth-order valence-electron chi connectivity index (χ4n) is 9.15. The normalized spacial score (nSPS) is 49.5. The van der Waals surface area contributed by atoms with E-state index in [1.165, 1.54) is 57.8 Å². The summed E-state index contributed by atoms with van der Waals surface area (Å²) < 4.78 is 0. The van der Waals surface area contributed by atoms with Crippen LogP contribution in [0.3, 0.4) is 0 Å². The van der Waals surface area contributed by atoms with Crippen LogP contribution in [0.15, 0.2) is 0 Å². The molecule has 3 heteroatoms. The van der Waals surface area contributed by atoms with Crippen LogP contribution in [-0.2, 0) is 4.79 Å². The van der Waals surface area contributed by atoms with Gasteiger partial charge in [-0.3, -0.25) is 4.79 Å². The van der Waals surface area contributed by atoms with E-state index >= 15 is 0 Å². The number of rotatable bonds is 5. The first kappa shape index (κ1) is 23.8.